The van der Waals surface area contributed by atoms with Crippen LogP contribution in [0.15, 0.2) is 54.6 Å². The van der Waals surface area contributed by atoms with Crippen LogP contribution in [0.1, 0.15) is 11.1 Å². The lowest BCUT2D eigenvalue weighted by Gasteiger charge is -2.17. The second-order valence-corrected chi connectivity index (χ2v) is 6.86. The predicted molar refractivity (Wildman–Crippen MR) is 90.1 cm³/mol. The minimum absolute atomic E-state index is 0.0758. The molecule has 0 aliphatic carbocycles. The summed E-state index contributed by atoms with van der Waals surface area (Å²) in [4.78, 5) is 39.0. The van der Waals surface area contributed by atoms with E-state index in [2.05, 4.69) is 0 Å². The van der Waals surface area contributed by atoms with Gasteiger partial charge in [0.15, 0.2) is 0 Å². The van der Waals surface area contributed by atoms with Gasteiger partial charge in [-0.1, -0.05) is 24.3 Å². The lowest BCUT2D eigenvalue weighted by molar-refractivity contribution is -0.384. The molecule has 0 bridgehead atoms. The van der Waals surface area contributed by atoms with E-state index < -0.39 is 29.7 Å². The van der Waals surface area contributed by atoms with Crippen LogP contribution >= 0.6 is 7.60 Å². The van der Waals surface area contributed by atoms with Crippen LogP contribution in [-0.4, -0.2) is 20.7 Å². The summed E-state index contributed by atoms with van der Waals surface area (Å²) < 4.78 is 42.8. The molecular formula is C16H12F2NO7P. The quantitative estimate of drug-likeness (QED) is 0.190. The van der Waals surface area contributed by atoms with Crippen molar-refractivity contribution in [3.63, 3.8) is 0 Å². The Balaban J connectivity index is 2.04. The van der Waals surface area contributed by atoms with E-state index >= 15 is 0 Å². The molecule has 2 N–H and O–H groups in total. The van der Waals surface area contributed by atoms with Crippen molar-refractivity contribution in [3.05, 3.63) is 75.8 Å². The van der Waals surface area contributed by atoms with Gasteiger partial charge in [0, 0.05) is 23.8 Å². The molecule has 0 amide bonds. The SMILES string of the molecule is O=C(/C=C/c1ccc(C(F)(F)P(=O)(O)O)cc1)Oc1ccc([N+](=O)[O-])cc1. The third kappa shape index (κ3) is 5.04. The first-order chi connectivity index (χ1) is 12.5. The summed E-state index contributed by atoms with van der Waals surface area (Å²) in [6.45, 7) is 0. The van der Waals surface area contributed by atoms with Gasteiger partial charge in [0.05, 0.1) is 4.92 Å². The number of esters is 1. The van der Waals surface area contributed by atoms with Crippen LogP contribution < -0.4 is 4.74 Å². The van der Waals surface area contributed by atoms with Crippen molar-refractivity contribution >= 4 is 25.3 Å². The molecule has 0 atom stereocenters. The zero-order valence-electron chi connectivity index (χ0n) is 13.4. The highest BCUT2D eigenvalue weighted by Gasteiger charge is 2.50. The highest BCUT2D eigenvalue weighted by molar-refractivity contribution is 7.52. The van der Waals surface area contributed by atoms with Gasteiger partial charge in [-0.25, -0.2) is 4.79 Å². The Morgan fingerprint density at radius 3 is 2.15 bits per heavy atom. The van der Waals surface area contributed by atoms with Crippen LogP contribution in [0.5, 0.6) is 5.75 Å². The fraction of sp³-hybridized carbons (Fsp3) is 0.0625. The molecule has 0 saturated heterocycles. The van der Waals surface area contributed by atoms with E-state index in [0.29, 0.717) is 5.56 Å². The Hall–Kier alpha value is -2.94. The number of non-ortho nitro benzene ring substituents is 1. The number of benzene rings is 2. The number of rotatable bonds is 6. The first-order valence-electron chi connectivity index (χ1n) is 7.19. The van der Waals surface area contributed by atoms with Crippen molar-refractivity contribution in [2.45, 2.75) is 5.66 Å². The number of ether oxygens (including phenoxy) is 1. The molecule has 11 heteroatoms. The van der Waals surface area contributed by atoms with Crippen LogP contribution in [0.2, 0.25) is 0 Å². The topological polar surface area (TPSA) is 127 Å². The molecule has 0 unspecified atom stereocenters. The lowest BCUT2D eigenvalue weighted by atomic mass is 10.1. The number of hydrogen-bond acceptors (Lipinski definition) is 5. The largest absolute Gasteiger partial charge is 0.423 e. The normalized spacial score (nSPS) is 12.1. The number of carbonyl (C=O) groups is 1. The molecule has 2 aromatic rings. The van der Waals surface area contributed by atoms with Gasteiger partial charge >= 0.3 is 19.2 Å². The van der Waals surface area contributed by atoms with Crippen LogP contribution in [0, 0.1) is 10.1 Å². The lowest BCUT2D eigenvalue weighted by Crippen LogP contribution is -2.13. The molecular weight excluding hydrogens is 387 g/mol. The van der Waals surface area contributed by atoms with Gasteiger partial charge in [-0.15, -0.1) is 0 Å². The molecule has 0 aliphatic rings. The summed E-state index contributed by atoms with van der Waals surface area (Å²) >= 11 is 0. The van der Waals surface area contributed by atoms with Crippen molar-refractivity contribution in [3.8, 4) is 5.75 Å². The molecule has 0 radical (unpaired) electrons. The maximum Gasteiger partial charge on any atom is 0.399 e. The predicted octanol–water partition coefficient (Wildman–Crippen LogP) is 3.44. The van der Waals surface area contributed by atoms with E-state index in [4.69, 9.17) is 14.5 Å². The molecule has 2 rings (SSSR count). The third-order valence-corrected chi connectivity index (χ3v) is 4.29. The first-order valence-corrected chi connectivity index (χ1v) is 8.80. The molecule has 27 heavy (non-hydrogen) atoms. The monoisotopic (exact) mass is 399 g/mol. The Morgan fingerprint density at radius 2 is 1.67 bits per heavy atom. The van der Waals surface area contributed by atoms with E-state index in [0.717, 1.165) is 42.5 Å². The molecule has 0 aliphatic heterocycles. The minimum Gasteiger partial charge on any atom is -0.423 e. The van der Waals surface area contributed by atoms with Gasteiger partial charge in [0.2, 0.25) is 0 Å². The molecule has 0 spiro atoms. The average molecular weight is 399 g/mol. The maximum atomic E-state index is 13.5. The highest BCUT2D eigenvalue weighted by Crippen LogP contribution is 2.59. The average Bonchev–Trinajstić information content (AvgIpc) is 2.60. The zero-order chi connectivity index (χ0) is 20.2. The van der Waals surface area contributed by atoms with E-state index in [1.165, 1.54) is 18.2 Å². The second-order valence-electron chi connectivity index (χ2n) is 5.21. The van der Waals surface area contributed by atoms with Crippen LogP contribution in [0.25, 0.3) is 6.08 Å². The first kappa shape index (κ1) is 20.4. The summed E-state index contributed by atoms with van der Waals surface area (Å²) in [6.07, 6.45) is 2.24. The standard InChI is InChI=1S/C16H12F2NO7P/c17-16(18,27(23,24)25)12-4-1-11(2-5-12)3-10-15(20)26-14-8-6-13(7-9-14)19(21)22/h1-10H,(H2,23,24,25)/b10-3+. The second kappa shape index (κ2) is 7.75. The van der Waals surface area contributed by atoms with E-state index in [9.17, 15) is 28.3 Å². The van der Waals surface area contributed by atoms with Crippen LogP contribution in [0.3, 0.4) is 0 Å². The van der Waals surface area contributed by atoms with E-state index in [1.54, 1.807) is 0 Å². The number of alkyl halides is 2. The van der Waals surface area contributed by atoms with Gasteiger partial charge < -0.3 is 14.5 Å². The molecule has 0 heterocycles. The Morgan fingerprint density at radius 1 is 1.11 bits per heavy atom. The maximum absolute atomic E-state index is 13.5. The number of hydrogen-bond donors (Lipinski definition) is 2. The minimum atomic E-state index is -5.65. The van der Waals surface area contributed by atoms with E-state index in [1.807, 2.05) is 0 Å². The molecule has 8 nitrogen and oxygen atoms in total. The fourth-order valence-corrected chi connectivity index (χ4v) is 2.40. The smallest absolute Gasteiger partial charge is 0.399 e. The number of nitro benzene ring substituents is 1. The van der Waals surface area contributed by atoms with Gasteiger partial charge in [0.1, 0.15) is 5.75 Å². The number of nitrogens with zero attached hydrogens (tertiary/aromatic N) is 1. The number of halogens is 2. The highest BCUT2D eigenvalue weighted by atomic mass is 31.2. The summed E-state index contributed by atoms with van der Waals surface area (Å²) in [5.41, 5.74) is -5.04. The number of nitro groups is 1. The van der Waals surface area contributed by atoms with Crippen molar-refractivity contribution in [2.24, 2.45) is 0 Å². The Labute approximate surface area is 151 Å². The zero-order valence-corrected chi connectivity index (χ0v) is 14.3. The van der Waals surface area contributed by atoms with Crippen LogP contribution in [0.4, 0.5) is 14.5 Å². The van der Waals surface area contributed by atoms with Crippen molar-refractivity contribution in [1.29, 1.82) is 0 Å². The Kier molecular flexibility index (Phi) is 5.85. The van der Waals surface area contributed by atoms with Gasteiger partial charge in [-0.3, -0.25) is 14.7 Å². The van der Waals surface area contributed by atoms with Crippen LogP contribution in [-0.2, 0) is 15.0 Å². The van der Waals surface area contributed by atoms with Crippen molar-refractivity contribution < 1.29 is 37.6 Å². The summed E-state index contributed by atoms with van der Waals surface area (Å²) in [5, 5.41) is 10.5. The third-order valence-electron chi connectivity index (χ3n) is 3.30. The summed E-state index contributed by atoms with van der Waals surface area (Å²) in [5.74, 6) is -0.736. The molecule has 0 saturated carbocycles. The fourth-order valence-electron chi connectivity index (χ4n) is 1.91. The van der Waals surface area contributed by atoms with Crippen molar-refractivity contribution in [2.75, 3.05) is 0 Å². The number of carbonyl (C=O) groups excluding carboxylic acids is 1. The van der Waals surface area contributed by atoms with Crippen molar-refractivity contribution in [1.82, 2.24) is 0 Å². The molecule has 2 aromatic carbocycles. The molecule has 0 aromatic heterocycles. The summed E-state index contributed by atoms with van der Waals surface area (Å²) in [7, 11) is -5.65. The summed E-state index contributed by atoms with van der Waals surface area (Å²) in [6, 6.07) is 8.76. The van der Waals surface area contributed by atoms with Gasteiger partial charge in [-0.2, -0.15) is 8.78 Å². The molecule has 142 valence electrons. The van der Waals surface area contributed by atoms with Gasteiger partial charge in [0.25, 0.3) is 5.69 Å². The van der Waals surface area contributed by atoms with Gasteiger partial charge in [-0.05, 0) is 23.8 Å². The van der Waals surface area contributed by atoms with E-state index in [-0.39, 0.29) is 11.4 Å². The molecule has 0 fully saturated rings. The Bertz CT molecular complexity index is 921.